The highest BCUT2D eigenvalue weighted by Crippen LogP contribution is 2.20. The van der Waals surface area contributed by atoms with Gasteiger partial charge in [-0.1, -0.05) is 20.8 Å². The monoisotopic (exact) mass is 272 g/mol. The summed E-state index contributed by atoms with van der Waals surface area (Å²) in [6.07, 6.45) is 0.988. The Morgan fingerprint density at radius 3 is 2.72 bits per heavy atom. The maximum atomic E-state index is 11.9. The number of nitrogens with zero attached hydrogens (tertiary/aromatic N) is 1. The number of carbonyl (C=O) groups excluding carboxylic acids is 1. The van der Waals surface area contributed by atoms with Crippen LogP contribution in [0.25, 0.3) is 0 Å². The van der Waals surface area contributed by atoms with Crippen LogP contribution in [0.15, 0.2) is 6.07 Å². The molecule has 1 amide bonds. The van der Waals surface area contributed by atoms with E-state index < -0.39 is 0 Å². The van der Waals surface area contributed by atoms with Gasteiger partial charge < -0.3 is 10.6 Å². The van der Waals surface area contributed by atoms with E-state index in [1.54, 1.807) is 0 Å². The Labute approximate surface area is 114 Å². The van der Waals surface area contributed by atoms with Gasteiger partial charge in [0, 0.05) is 23.7 Å². The molecule has 2 rings (SSSR count). The highest BCUT2D eigenvalue weighted by atomic mass is 35.5. The molecule has 1 aliphatic heterocycles. The number of amides is 1. The Morgan fingerprint density at radius 1 is 1.50 bits per heavy atom. The number of hydrogen-bond donors (Lipinski definition) is 3. The van der Waals surface area contributed by atoms with Gasteiger partial charge in [0.25, 0.3) is 5.91 Å². The first-order valence-electron chi connectivity index (χ1n) is 6.04. The molecule has 0 aromatic carbocycles. The minimum absolute atomic E-state index is 0. The molecular formula is C12H21ClN4O. The van der Waals surface area contributed by atoms with Crippen LogP contribution >= 0.6 is 12.4 Å². The van der Waals surface area contributed by atoms with Gasteiger partial charge in [0.1, 0.15) is 5.69 Å². The second-order valence-electron chi connectivity index (χ2n) is 5.58. The molecule has 3 N–H and O–H groups in total. The van der Waals surface area contributed by atoms with Crippen LogP contribution in [0.5, 0.6) is 0 Å². The van der Waals surface area contributed by atoms with E-state index in [-0.39, 0.29) is 29.8 Å². The number of hydrogen-bond acceptors (Lipinski definition) is 3. The number of H-pyrrole nitrogens is 1. The van der Waals surface area contributed by atoms with Gasteiger partial charge in [0.2, 0.25) is 0 Å². The van der Waals surface area contributed by atoms with Crippen molar-refractivity contribution in [1.82, 2.24) is 20.8 Å². The normalized spacial score (nSPS) is 19.4. The Balaban J connectivity index is 0.00000162. The Kier molecular flexibility index (Phi) is 4.76. The molecule has 0 bridgehead atoms. The van der Waals surface area contributed by atoms with Gasteiger partial charge >= 0.3 is 0 Å². The lowest BCUT2D eigenvalue weighted by Crippen LogP contribution is -2.36. The zero-order chi connectivity index (χ0) is 12.5. The summed E-state index contributed by atoms with van der Waals surface area (Å²) in [5.41, 5.74) is 1.44. The van der Waals surface area contributed by atoms with Gasteiger partial charge in [0.15, 0.2) is 0 Å². The largest absolute Gasteiger partial charge is 0.347 e. The van der Waals surface area contributed by atoms with Gasteiger partial charge in [-0.3, -0.25) is 9.89 Å². The standard InChI is InChI=1S/C12H20N4O.ClH/c1-12(2,3)10-6-9(15-16-10)11(17)14-8-4-5-13-7-8;/h6,8,13H,4-5,7H2,1-3H3,(H,14,17)(H,15,16);1H. The zero-order valence-corrected chi connectivity index (χ0v) is 11.9. The molecule has 0 spiro atoms. The highest BCUT2D eigenvalue weighted by Gasteiger charge is 2.22. The number of nitrogens with one attached hydrogen (secondary N) is 3. The maximum absolute atomic E-state index is 11.9. The molecule has 1 aliphatic rings. The SMILES string of the molecule is CC(C)(C)c1cc(C(=O)NC2CCNC2)n[nH]1.Cl. The summed E-state index contributed by atoms with van der Waals surface area (Å²) < 4.78 is 0. The van der Waals surface area contributed by atoms with E-state index in [0.717, 1.165) is 25.2 Å². The van der Waals surface area contributed by atoms with Crippen molar-refractivity contribution in [3.8, 4) is 0 Å². The fourth-order valence-corrected chi connectivity index (χ4v) is 1.86. The second-order valence-corrected chi connectivity index (χ2v) is 5.58. The molecule has 1 fully saturated rings. The molecule has 102 valence electrons. The summed E-state index contributed by atoms with van der Waals surface area (Å²) in [7, 11) is 0. The van der Waals surface area contributed by atoms with Crippen LogP contribution in [0.2, 0.25) is 0 Å². The number of rotatable bonds is 2. The molecule has 1 atom stereocenters. The van der Waals surface area contributed by atoms with Crippen LogP contribution in [0.4, 0.5) is 0 Å². The Morgan fingerprint density at radius 2 is 2.22 bits per heavy atom. The van der Waals surface area contributed by atoms with Crippen molar-refractivity contribution in [1.29, 1.82) is 0 Å². The first-order valence-corrected chi connectivity index (χ1v) is 6.04. The van der Waals surface area contributed by atoms with Crippen LogP contribution in [0, 0.1) is 0 Å². The lowest BCUT2D eigenvalue weighted by atomic mass is 9.92. The van der Waals surface area contributed by atoms with E-state index in [9.17, 15) is 4.79 Å². The second kappa shape index (κ2) is 5.71. The molecular weight excluding hydrogens is 252 g/mol. The number of aromatic nitrogens is 2. The third kappa shape index (κ3) is 3.46. The summed E-state index contributed by atoms with van der Waals surface area (Å²) in [5, 5.41) is 13.2. The van der Waals surface area contributed by atoms with Crippen LogP contribution < -0.4 is 10.6 Å². The predicted molar refractivity (Wildman–Crippen MR) is 73.3 cm³/mol. The quantitative estimate of drug-likeness (QED) is 0.758. The molecule has 5 nitrogen and oxygen atoms in total. The minimum atomic E-state index is -0.0922. The van der Waals surface area contributed by atoms with Gasteiger partial charge in [-0.2, -0.15) is 5.10 Å². The average molecular weight is 273 g/mol. The number of halogens is 1. The molecule has 2 heterocycles. The summed E-state index contributed by atoms with van der Waals surface area (Å²) in [5.74, 6) is -0.0922. The Bertz CT molecular complexity index is 404. The van der Waals surface area contributed by atoms with Gasteiger partial charge in [-0.25, -0.2) is 0 Å². The lowest BCUT2D eigenvalue weighted by Gasteiger charge is -2.14. The van der Waals surface area contributed by atoms with Gasteiger partial charge in [-0.15, -0.1) is 12.4 Å². The lowest BCUT2D eigenvalue weighted by molar-refractivity contribution is 0.0935. The maximum Gasteiger partial charge on any atom is 0.272 e. The van der Waals surface area contributed by atoms with Crippen LogP contribution in [0.1, 0.15) is 43.4 Å². The third-order valence-corrected chi connectivity index (χ3v) is 3.01. The van der Waals surface area contributed by atoms with Gasteiger partial charge in [-0.05, 0) is 19.0 Å². The molecule has 1 aromatic rings. The molecule has 1 unspecified atom stereocenters. The fraction of sp³-hybridized carbons (Fsp3) is 0.667. The van der Waals surface area contributed by atoms with Crippen molar-refractivity contribution >= 4 is 18.3 Å². The van der Waals surface area contributed by atoms with E-state index in [0.29, 0.717) is 5.69 Å². The summed E-state index contributed by atoms with van der Waals surface area (Å²) in [6.45, 7) is 8.08. The van der Waals surface area contributed by atoms with Crippen molar-refractivity contribution in [2.75, 3.05) is 13.1 Å². The van der Waals surface area contributed by atoms with Crippen molar-refractivity contribution in [2.24, 2.45) is 0 Å². The highest BCUT2D eigenvalue weighted by molar-refractivity contribution is 5.92. The molecule has 6 heteroatoms. The first kappa shape index (κ1) is 15.0. The minimum Gasteiger partial charge on any atom is -0.347 e. The van der Waals surface area contributed by atoms with Crippen LogP contribution in [-0.2, 0) is 5.41 Å². The summed E-state index contributed by atoms with van der Waals surface area (Å²) in [6, 6.07) is 2.06. The van der Waals surface area contributed by atoms with Crippen molar-refractivity contribution in [2.45, 2.75) is 38.6 Å². The predicted octanol–water partition coefficient (Wildman–Crippen LogP) is 1.22. The van der Waals surface area contributed by atoms with E-state index in [2.05, 4.69) is 41.6 Å². The molecule has 1 aromatic heterocycles. The molecule has 0 radical (unpaired) electrons. The van der Waals surface area contributed by atoms with Crippen molar-refractivity contribution in [3.05, 3.63) is 17.5 Å². The van der Waals surface area contributed by atoms with Crippen LogP contribution in [0.3, 0.4) is 0 Å². The van der Waals surface area contributed by atoms with Crippen molar-refractivity contribution in [3.63, 3.8) is 0 Å². The smallest absolute Gasteiger partial charge is 0.272 e. The topological polar surface area (TPSA) is 69.8 Å². The van der Waals surface area contributed by atoms with E-state index >= 15 is 0 Å². The summed E-state index contributed by atoms with van der Waals surface area (Å²) in [4.78, 5) is 11.9. The Hall–Kier alpha value is -1.07. The van der Waals surface area contributed by atoms with E-state index in [4.69, 9.17) is 0 Å². The molecule has 0 saturated carbocycles. The number of carbonyl (C=O) groups is 1. The summed E-state index contributed by atoms with van der Waals surface area (Å²) >= 11 is 0. The van der Waals surface area contributed by atoms with E-state index in [1.807, 2.05) is 6.07 Å². The third-order valence-electron chi connectivity index (χ3n) is 3.01. The fourth-order valence-electron chi connectivity index (χ4n) is 1.86. The average Bonchev–Trinajstić information content (AvgIpc) is 2.85. The molecule has 0 aliphatic carbocycles. The van der Waals surface area contributed by atoms with Crippen LogP contribution in [-0.4, -0.2) is 35.2 Å². The number of aromatic amines is 1. The van der Waals surface area contributed by atoms with Crippen molar-refractivity contribution < 1.29 is 4.79 Å². The van der Waals surface area contributed by atoms with Gasteiger partial charge in [0.05, 0.1) is 0 Å². The van der Waals surface area contributed by atoms with E-state index in [1.165, 1.54) is 0 Å². The zero-order valence-electron chi connectivity index (χ0n) is 11.0. The molecule has 18 heavy (non-hydrogen) atoms. The molecule has 1 saturated heterocycles. The first-order chi connectivity index (χ1) is 7.97.